The lowest BCUT2D eigenvalue weighted by Gasteiger charge is -2.67. The van der Waals surface area contributed by atoms with E-state index in [1.807, 2.05) is 0 Å². The summed E-state index contributed by atoms with van der Waals surface area (Å²) in [6, 6.07) is 2.78. The quantitative estimate of drug-likeness (QED) is 0.0478. The van der Waals surface area contributed by atoms with Gasteiger partial charge in [-0.3, -0.25) is 19.2 Å². The molecule has 5 rings (SSSR count). The SMILES string of the molecule is CCCCCC[C@](C)(O)[C@H]1CC[C@H]2[C@@H]3C[C@H](OC(=O)CCC(=O)NCCOCCOCC(=O)Nc4ccc(OC)c(C(N)=O)c4O)[C@@]4(C)C[C@@H](O)CC[C@]4(C)[C@H]3CC[C@@]21C. The summed E-state index contributed by atoms with van der Waals surface area (Å²) in [5.41, 5.74) is 3.88. The highest BCUT2D eigenvalue weighted by atomic mass is 16.5. The molecule has 7 N–H and O–H groups in total. The summed E-state index contributed by atoms with van der Waals surface area (Å²) in [5.74, 6) is -1.08. The normalized spacial score (nSPS) is 31.8. The molecule has 14 nitrogen and oxygen atoms in total. The van der Waals surface area contributed by atoms with Gasteiger partial charge in [-0.15, -0.1) is 0 Å². The summed E-state index contributed by atoms with van der Waals surface area (Å²) in [5, 5.41) is 38.5. The number of aliphatic hydroxyl groups is 2. The number of primary amides is 1. The number of benzene rings is 1. The molecule has 0 heterocycles. The minimum absolute atomic E-state index is 0.0174. The van der Waals surface area contributed by atoms with Crippen molar-refractivity contribution in [3.05, 3.63) is 17.7 Å². The van der Waals surface area contributed by atoms with Gasteiger partial charge in [0.1, 0.15) is 24.0 Å². The van der Waals surface area contributed by atoms with Crippen molar-refractivity contribution in [3.63, 3.8) is 0 Å². The number of carbonyl (C=O) groups excluding carboxylic acids is 4. The van der Waals surface area contributed by atoms with Crippen LogP contribution in [-0.2, 0) is 28.6 Å². The van der Waals surface area contributed by atoms with Crippen LogP contribution in [0, 0.1) is 39.9 Å². The highest BCUT2D eigenvalue weighted by Gasteiger charge is 2.68. The number of amides is 3. The number of methoxy groups -OCH3 is 1. The summed E-state index contributed by atoms with van der Waals surface area (Å²) < 4.78 is 22.3. The van der Waals surface area contributed by atoms with Crippen LogP contribution in [-0.4, -0.2) is 96.9 Å². The van der Waals surface area contributed by atoms with Gasteiger partial charge in [-0.25, -0.2) is 0 Å². The van der Waals surface area contributed by atoms with Crippen molar-refractivity contribution in [2.75, 3.05) is 45.4 Å². The monoisotopic (exact) mass is 844 g/mol. The lowest BCUT2D eigenvalue weighted by atomic mass is 9.39. The number of fused-ring (bicyclic) bond motifs is 5. The molecule has 0 aliphatic heterocycles. The van der Waals surface area contributed by atoms with Gasteiger partial charge in [0.2, 0.25) is 11.8 Å². The lowest BCUT2D eigenvalue weighted by molar-refractivity contribution is -0.232. The summed E-state index contributed by atoms with van der Waals surface area (Å²) in [4.78, 5) is 50.2. The predicted molar refractivity (Wildman–Crippen MR) is 226 cm³/mol. The summed E-state index contributed by atoms with van der Waals surface area (Å²) in [6.07, 6.45) is 11.8. The van der Waals surface area contributed by atoms with Gasteiger partial charge in [0, 0.05) is 18.4 Å². The molecule has 4 saturated carbocycles. The van der Waals surface area contributed by atoms with Crippen LogP contribution in [0.1, 0.15) is 141 Å². The van der Waals surface area contributed by atoms with E-state index in [9.17, 15) is 34.5 Å². The second kappa shape index (κ2) is 20.2. The fourth-order valence-corrected chi connectivity index (χ4v) is 12.3. The third-order valence-corrected chi connectivity index (χ3v) is 15.6. The van der Waals surface area contributed by atoms with Crippen LogP contribution in [0.15, 0.2) is 12.1 Å². The number of phenols is 1. The van der Waals surface area contributed by atoms with Crippen molar-refractivity contribution in [1.29, 1.82) is 0 Å². The molecule has 4 aliphatic carbocycles. The second-order valence-electron chi connectivity index (χ2n) is 19.1. The van der Waals surface area contributed by atoms with Crippen molar-refractivity contribution < 1.29 is 53.4 Å². The summed E-state index contributed by atoms with van der Waals surface area (Å²) >= 11 is 0. The third kappa shape index (κ3) is 10.2. The smallest absolute Gasteiger partial charge is 0.306 e. The minimum atomic E-state index is -0.909. The Morgan fingerprint density at radius 2 is 1.67 bits per heavy atom. The molecule has 4 aliphatic rings. The molecule has 1 aromatic carbocycles. The topological polar surface area (TPSA) is 216 Å². The van der Waals surface area contributed by atoms with Gasteiger partial charge >= 0.3 is 5.97 Å². The van der Waals surface area contributed by atoms with Gasteiger partial charge in [-0.1, -0.05) is 53.4 Å². The van der Waals surface area contributed by atoms with Gasteiger partial charge in [0.15, 0.2) is 5.75 Å². The fourth-order valence-electron chi connectivity index (χ4n) is 12.3. The van der Waals surface area contributed by atoms with Gasteiger partial charge < -0.3 is 50.6 Å². The first-order valence-electron chi connectivity index (χ1n) is 22.4. The highest BCUT2D eigenvalue weighted by molar-refractivity contribution is 6.02. The Bertz CT molecular complexity index is 1670. The number of hydrogen-bond acceptors (Lipinski definition) is 11. The molecule has 60 heavy (non-hydrogen) atoms. The third-order valence-electron chi connectivity index (χ3n) is 15.6. The number of hydrogen-bond donors (Lipinski definition) is 6. The van der Waals surface area contributed by atoms with Crippen LogP contribution >= 0.6 is 0 Å². The Kier molecular flexibility index (Phi) is 16.0. The van der Waals surface area contributed by atoms with E-state index in [1.165, 1.54) is 32.1 Å². The fraction of sp³-hybridized carbons (Fsp3) is 0.783. The molecule has 0 radical (unpaired) electrons. The molecule has 14 heteroatoms. The maximum atomic E-state index is 13.5. The molecular weight excluding hydrogens is 771 g/mol. The number of aromatic hydroxyl groups is 1. The van der Waals surface area contributed by atoms with Gasteiger partial charge in [-0.2, -0.15) is 0 Å². The van der Waals surface area contributed by atoms with Crippen LogP contribution < -0.4 is 21.1 Å². The zero-order valence-electron chi connectivity index (χ0n) is 36.9. The summed E-state index contributed by atoms with van der Waals surface area (Å²) in [6.45, 7) is 11.6. The number of aliphatic hydroxyl groups excluding tert-OH is 1. The van der Waals surface area contributed by atoms with Crippen LogP contribution in [0.2, 0.25) is 0 Å². The first-order chi connectivity index (χ1) is 28.4. The van der Waals surface area contributed by atoms with E-state index in [0.29, 0.717) is 24.2 Å². The molecule has 10 atom stereocenters. The molecule has 4 fully saturated rings. The Morgan fingerprint density at radius 1 is 0.917 bits per heavy atom. The Labute approximate surface area is 356 Å². The van der Waals surface area contributed by atoms with Crippen LogP contribution in [0.3, 0.4) is 0 Å². The van der Waals surface area contributed by atoms with Gasteiger partial charge in [0.25, 0.3) is 5.91 Å². The molecule has 0 bridgehead atoms. The number of unbranched alkanes of at least 4 members (excludes halogenated alkanes) is 3. The average molecular weight is 844 g/mol. The van der Waals surface area contributed by atoms with Crippen LogP contribution in [0.4, 0.5) is 5.69 Å². The van der Waals surface area contributed by atoms with E-state index in [1.54, 1.807) is 0 Å². The molecule has 338 valence electrons. The van der Waals surface area contributed by atoms with Crippen molar-refractivity contribution in [2.24, 2.45) is 45.7 Å². The molecule has 3 amide bonds. The zero-order valence-corrected chi connectivity index (χ0v) is 36.9. The van der Waals surface area contributed by atoms with Crippen molar-refractivity contribution in [1.82, 2.24) is 5.32 Å². The molecule has 0 spiro atoms. The summed E-state index contributed by atoms with van der Waals surface area (Å²) in [7, 11) is 1.32. The molecule has 0 unspecified atom stereocenters. The number of anilines is 1. The van der Waals surface area contributed by atoms with Crippen molar-refractivity contribution in [2.45, 2.75) is 149 Å². The maximum Gasteiger partial charge on any atom is 0.306 e. The van der Waals surface area contributed by atoms with Crippen LogP contribution in [0.5, 0.6) is 11.5 Å². The number of nitrogens with two attached hydrogens (primary N) is 1. The first kappa shape index (κ1) is 47.6. The second-order valence-corrected chi connectivity index (χ2v) is 19.1. The lowest BCUT2D eigenvalue weighted by Crippen LogP contribution is -2.64. The van der Waals surface area contributed by atoms with E-state index in [2.05, 4.69) is 45.3 Å². The van der Waals surface area contributed by atoms with E-state index in [-0.39, 0.29) is 97.0 Å². The molecule has 0 saturated heterocycles. The van der Waals surface area contributed by atoms with Crippen LogP contribution in [0.25, 0.3) is 0 Å². The van der Waals surface area contributed by atoms with E-state index in [0.717, 1.165) is 64.2 Å². The van der Waals surface area contributed by atoms with Crippen molar-refractivity contribution >= 4 is 29.4 Å². The number of esters is 1. The number of carbonyl (C=O) groups is 4. The molecular formula is C46H73N3O11. The highest BCUT2D eigenvalue weighted by Crippen LogP contribution is 2.72. The Hall–Kier alpha value is -3.46. The van der Waals surface area contributed by atoms with E-state index in [4.69, 9.17) is 24.7 Å². The predicted octanol–water partition coefficient (Wildman–Crippen LogP) is 6.02. The number of rotatable bonds is 21. The zero-order chi connectivity index (χ0) is 43.9. The Morgan fingerprint density at radius 3 is 2.38 bits per heavy atom. The standard InChI is InChI=1S/C46H73N3O11/c1-7-8-9-10-19-46(5,56)35-14-11-31-30-26-36(45(4)27-29(50)17-21-44(45,3)32(30)18-20-43(31,35)2)60-39(53)16-15-37(51)48-22-23-58-24-25-59-28-38(52)49-33-12-13-34(57-6)40(41(33)54)42(47)55/h12-13,29-32,35-36,50,54,56H,7-11,14-28H2,1-6H3,(H2,47,55)(H,48,51)(H,49,52)/t29-,30-,31-,32-,35-,36-,43-,44+,45+,46-/m0/s1. The maximum absolute atomic E-state index is 13.5. The van der Waals surface area contributed by atoms with E-state index >= 15 is 0 Å². The average Bonchev–Trinajstić information content (AvgIpc) is 3.56. The first-order valence-corrected chi connectivity index (χ1v) is 22.4. The van der Waals surface area contributed by atoms with Crippen molar-refractivity contribution in [3.8, 4) is 11.5 Å². The van der Waals surface area contributed by atoms with Gasteiger partial charge in [-0.05, 0) is 111 Å². The Balaban J connectivity index is 1.06. The number of ether oxygens (including phenoxy) is 4. The minimum Gasteiger partial charge on any atom is -0.505 e. The van der Waals surface area contributed by atoms with E-state index < -0.39 is 35.2 Å². The van der Waals surface area contributed by atoms with Gasteiger partial charge in [0.05, 0.1) is 50.7 Å². The largest absolute Gasteiger partial charge is 0.505 e. The molecule has 1 aromatic rings. The number of nitrogens with one attached hydrogen (secondary N) is 2. The molecule has 0 aromatic heterocycles.